The van der Waals surface area contributed by atoms with Crippen molar-refractivity contribution >= 4 is 39.9 Å². The molecule has 1 aromatic heterocycles. The van der Waals surface area contributed by atoms with E-state index in [0.717, 1.165) is 47.6 Å². The van der Waals surface area contributed by atoms with Gasteiger partial charge in [-0.3, -0.25) is 4.79 Å². The average molecular weight is 496 g/mol. The summed E-state index contributed by atoms with van der Waals surface area (Å²) in [5, 5.41) is 4.90. The maximum atomic E-state index is 13.0. The fourth-order valence-electron chi connectivity index (χ4n) is 4.88. The van der Waals surface area contributed by atoms with Crippen LogP contribution >= 0.6 is 11.6 Å². The van der Waals surface area contributed by atoms with E-state index in [1.54, 1.807) is 7.11 Å². The third kappa shape index (κ3) is 5.24. The van der Waals surface area contributed by atoms with Crippen molar-refractivity contribution < 1.29 is 14.3 Å². The van der Waals surface area contributed by atoms with Gasteiger partial charge >= 0.3 is 0 Å². The molecule has 1 aliphatic carbocycles. The molecular weight excluding hydrogens is 466 g/mol. The average Bonchev–Trinajstić information content (AvgIpc) is 2.87. The number of carbonyl (C=O) groups excluding carboxylic acids is 1. The van der Waals surface area contributed by atoms with E-state index in [-0.39, 0.29) is 23.8 Å². The van der Waals surface area contributed by atoms with Crippen LogP contribution in [0.5, 0.6) is 5.75 Å². The standard InChI is InChI=1S/C26H30ClN5O3/c1-34-23-9-7-21(27)19-5-2-10-28-11-13-32-12-3-4-17(26(32)33)15-35-18-6-8-22-20(14-18)25(30-16-29-22)31-24(19)23/h2,5-8,14,16-17,19,23,28H,3-4,9-13,15H2,1H3. The normalized spacial score (nSPS) is 25.8. The van der Waals surface area contributed by atoms with E-state index in [1.165, 1.54) is 6.33 Å². The van der Waals surface area contributed by atoms with Gasteiger partial charge in [0, 0.05) is 43.7 Å². The first kappa shape index (κ1) is 23.9. The second-order valence-corrected chi connectivity index (χ2v) is 9.48. The highest BCUT2D eigenvalue weighted by Crippen LogP contribution is 2.33. The Bertz CT molecular complexity index is 1180. The summed E-state index contributed by atoms with van der Waals surface area (Å²) >= 11 is 6.65. The number of aliphatic imine (C=N–C) groups is 1. The number of hydrogen-bond acceptors (Lipinski definition) is 7. The Morgan fingerprint density at radius 3 is 3.06 bits per heavy atom. The van der Waals surface area contributed by atoms with Crippen LogP contribution in [0.15, 0.2) is 52.8 Å². The van der Waals surface area contributed by atoms with E-state index in [2.05, 4.69) is 27.4 Å². The molecule has 1 saturated heterocycles. The molecule has 1 fully saturated rings. The molecule has 184 valence electrons. The summed E-state index contributed by atoms with van der Waals surface area (Å²) in [5.41, 5.74) is 1.58. The Morgan fingerprint density at radius 2 is 2.17 bits per heavy atom. The topological polar surface area (TPSA) is 88.9 Å². The van der Waals surface area contributed by atoms with Crippen LogP contribution in [-0.2, 0) is 9.53 Å². The summed E-state index contributed by atoms with van der Waals surface area (Å²) in [4.78, 5) is 28.8. The molecule has 3 heterocycles. The molecular formula is C26H30ClN5O3. The number of amides is 1. The first-order valence-corrected chi connectivity index (χ1v) is 12.5. The zero-order valence-electron chi connectivity index (χ0n) is 19.8. The predicted molar refractivity (Wildman–Crippen MR) is 136 cm³/mol. The zero-order valence-corrected chi connectivity index (χ0v) is 20.6. The van der Waals surface area contributed by atoms with Crippen LogP contribution in [0, 0.1) is 11.8 Å². The van der Waals surface area contributed by atoms with Gasteiger partial charge in [-0.2, -0.15) is 0 Å². The molecule has 2 aliphatic heterocycles. The van der Waals surface area contributed by atoms with Gasteiger partial charge in [0.2, 0.25) is 5.91 Å². The summed E-state index contributed by atoms with van der Waals surface area (Å²) in [6.07, 6.45) is 9.90. The van der Waals surface area contributed by atoms with Gasteiger partial charge in [-0.25, -0.2) is 15.0 Å². The van der Waals surface area contributed by atoms with E-state index >= 15 is 0 Å². The van der Waals surface area contributed by atoms with Gasteiger partial charge in [0.25, 0.3) is 0 Å². The minimum atomic E-state index is -0.204. The van der Waals surface area contributed by atoms with Gasteiger partial charge < -0.3 is 19.7 Å². The van der Waals surface area contributed by atoms with E-state index in [1.807, 2.05) is 29.2 Å². The van der Waals surface area contributed by atoms with Crippen LogP contribution in [0.2, 0.25) is 0 Å². The van der Waals surface area contributed by atoms with E-state index in [0.29, 0.717) is 37.7 Å². The number of nitrogens with zero attached hydrogens (tertiary/aromatic N) is 4. The van der Waals surface area contributed by atoms with Crippen molar-refractivity contribution in [3.05, 3.63) is 47.8 Å². The molecule has 35 heavy (non-hydrogen) atoms. The highest BCUT2D eigenvalue weighted by molar-refractivity contribution is 6.32. The van der Waals surface area contributed by atoms with Crippen LogP contribution in [0.3, 0.4) is 0 Å². The molecule has 2 aromatic rings. The first-order valence-electron chi connectivity index (χ1n) is 12.1. The summed E-state index contributed by atoms with van der Waals surface area (Å²) in [7, 11) is 1.69. The number of hydrogen-bond donors (Lipinski definition) is 1. The molecule has 1 N–H and O–H groups in total. The Labute approximate surface area is 210 Å². The monoisotopic (exact) mass is 495 g/mol. The number of aromatic nitrogens is 2. The fourth-order valence-corrected chi connectivity index (χ4v) is 5.15. The molecule has 5 rings (SSSR count). The highest BCUT2D eigenvalue weighted by atomic mass is 35.5. The summed E-state index contributed by atoms with van der Waals surface area (Å²) in [6.45, 7) is 3.22. The van der Waals surface area contributed by atoms with Crippen molar-refractivity contribution in [2.75, 3.05) is 39.9 Å². The number of allylic oxidation sites excluding steroid dienone is 2. The largest absolute Gasteiger partial charge is 0.493 e. The molecule has 1 aromatic carbocycles. The van der Waals surface area contributed by atoms with Crippen molar-refractivity contribution in [2.24, 2.45) is 16.8 Å². The van der Waals surface area contributed by atoms with Crippen LogP contribution in [0.25, 0.3) is 10.9 Å². The summed E-state index contributed by atoms with van der Waals surface area (Å²) in [5.74, 6) is 1.04. The molecule has 9 heteroatoms. The summed E-state index contributed by atoms with van der Waals surface area (Å²) in [6, 6.07) is 5.68. The van der Waals surface area contributed by atoms with Gasteiger partial charge in [-0.05, 0) is 37.5 Å². The molecule has 3 unspecified atom stereocenters. The molecule has 3 aliphatic rings. The molecule has 1 amide bonds. The maximum absolute atomic E-state index is 13.0. The number of ether oxygens (including phenoxy) is 2. The first-order chi connectivity index (χ1) is 17.1. The second-order valence-electron chi connectivity index (χ2n) is 9.05. The van der Waals surface area contributed by atoms with E-state index in [9.17, 15) is 4.79 Å². The van der Waals surface area contributed by atoms with E-state index < -0.39 is 0 Å². The van der Waals surface area contributed by atoms with Crippen LogP contribution < -0.4 is 10.1 Å². The number of methoxy groups -OCH3 is 1. The molecule has 3 atom stereocenters. The lowest BCUT2D eigenvalue weighted by Crippen LogP contribution is -2.45. The number of piperidine rings is 1. The van der Waals surface area contributed by atoms with Gasteiger partial charge in [-0.1, -0.05) is 29.8 Å². The quantitative estimate of drug-likeness (QED) is 0.608. The lowest BCUT2D eigenvalue weighted by molar-refractivity contribution is -0.139. The number of carbonyl (C=O) groups is 1. The third-order valence-corrected chi connectivity index (χ3v) is 7.21. The molecule has 4 bridgehead atoms. The Balaban J connectivity index is 1.56. The highest BCUT2D eigenvalue weighted by Gasteiger charge is 2.30. The van der Waals surface area contributed by atoms with E-state index in [4.69, 9.17) is 26.1 Å². The smallest absolute Gasteiger partial charge is 0.229 e. The van der Waals surface area contributed by atoms with Gasteiger partial charge in [0.1, 0.15) is 12.1 Å². The Morgan fingerprint density at radius 1 is 1.26 bits per heavy atom. The number of rotatable bonds is 1. The van der Waals surface area contributed by atoms with Gasteiger partial charge in [0.05, 0.1) is 35.8 Å². The molecule has 0 spiro atoms. The van der Waals surface area contributed by atoms with Gasteiger partial charge in [-0.15, -0.1) is 0 Å². The van der Waals surface area contributed by atoms with Crippen molar-refractivity contribution in [3.63, 3.8) is 0 Å². The fraction of sp³-hybridized carbons (Fsp3) is 0.462. The zero-order chi connectivity index (χ0) is 24.2. The van der Waals surface area contributed by atoms with Crippen molar-refractivity contribution in [3.8, 4) is 5.75 Å². The van der Waals surface area contributed by atoms with Crippen LogP contribution in [0.1, 0.15) is 19.3 Å². The maximum Gasteiger partial charge on any atom is 0.229 e. The van der Waals surface area contributed by atoms with Crippen molar-refractivity contribution in [1.29, 1.82) is 0 Å². The predicted octanol–water partition coefficient (Wildman–Crippen LogP) is 3.64. The van der Waals surface area contributed by atoms with Crippen LogP contribution in [-0.4, -0.2) is 72.5 Å². The Hall–Kier alpha value is -2.81. The van der Waals surface area contributed by atoms with Gasteiger partial charge in [0.15, 0.2) is 5.82 Å². The number of fused-ring (bicyclic) bond motifs is 4. The second kappa shape index (κ2) is 10.8. The minimum absolute atomic E-state index is 0.135. The lowest BCUT2D eigenvalue weighted by atomic mass is 9.90. The molecule has 0 radical (unpaired) electrons. The summed E-state index contributed by atoms with van der Waals surface area (Å²) < 4.78 is 11.9. The van der Waals surface area contributed by atoms with Crippen LogP contribution in [0.4, 0.5) is 5.82 Å². The third-order valence-electron chi connectivity index (χ3n) is 6.82. The number of benzene rings is 1. The van der Waals surface area contributed by atoms with Crippen molar-refractivity contribution in [1.82, 2.24) is 20.2 Å². The minimum Gasteiger partial charge on any atom is -0.493 e. The number of nitrogens with one attached hydrogen (secondary N) is 1. The molecule has 0 saturated carbocycles. The molecule has 8 nitrogen and oxygen atoms in total. The van der Waals surface area contributed by atoms with Crippen molar-refractivity contribution in [2.45, 2.75) is 25.4 Å². The Kier molecular flexibility index (Phi) is 7.41. The lowest BCUT2D eigenvalue weighted by Gasteiger charge is -2.32. The SMILES string of the molecule is COC1CC=C(Cl)C2C=CCNCCN3CCCC(COc4ccc5ncnc(c5c4)N=C12)C3=O. The number of halogens is 1.